The van der Waals surface area contributed by atoms with E-state index in [9.17, 15) is 0 Å². The van der Waals surface area contributed by atoms with Crippen molar-refractivity contribution in [1.82, 2.24) is 21.3 Å². The molecule has 4 N–H and O–H groups in total. The fourth-order valence-corrected chi connectivity index (χ4v) is 2.27. The lowest BCUT2D eigenvalue weighted by atomic mass is 10.3. The van der Waals surface area contributed by atoms with Gasteiger partial charge in [0.2, 0.25) is 5.11 Å². The predicted octanol–water partition coefficient (Wildman–Crippen LogP) is 2.93. The molecule has 24 heavy (non-hydrogen) atoms. The van der Waals surface area contributed by atoms with E-state index in [4.69, 9.17) is 24.4 Å². The second-order valence-electron chi connectivity index (χ2n) is 4.54. The number of para-hydroxylation sites is 1. The van der Waals surface area contributed by atoms with Gasteiger partial charge in [-0.25, -0.2) is 0 Å². The summed E-state index contributed by atoms with van der Waals surface area (Å²) >= 11 is 13.7. The minimum Gasteiger partial charge on any atom is -0.330 e. The van der Waals surface area contributed by atoms with Gasteiger partial charge in [-0.05, 0) is 71.6 Å². The second-order valence-corrected chi connectivity index (χ2v) is 6.21. The Morgan fingerprint density at radius 3 is 2.46 bits per heavy atom. The molecule has 0 aliphatic rings. The highest BCUT2D eigenvalue weighted by Crippen LogP contribution is 2.20. The first-order valence-corrected chi connectivity index (χ1v) is 8.50. The number of halogens is 1. The van der Waals surface area contributed by atoms with Crippen molar-refractivity contribution in [3.8, 4) is 0 Å². The molecule has 1 heterocycles. The fourth-order valence-electron chi connectivity index (χ4n) is 1.63. The Balaban J connectivity index is 1.79. The molecule has 0 saturated heterocycles. The maximum absolute atomic E-state index is 5.19. The van der Waals surface area contributed by atoms with Crippen molar-refractivity contribution in [1.29, 1.82) is 0 Å². The van der Waals surface area contributed by atoms with E-state index in [1.165, 1.54) is 0 Å². The van der Waals surface area contributed by atoms with Crippen molar-refractivity contribution in [2.75, 3.05) is 5.32 Å². The molecule has 0 fully saturated rings. The quantitative estimate of drug-likeness (QED) is 0.344. The molecule has 0 atom stereocenters. The Hall–Kier alpha value is -2.10. The highest BCUT2D eigenvalue weighted by atomic mass is 79.9. The van der Waals surface area contributed by atoms with Gasteiger partial charge in [0.15, 0.2) is 5.11 Å². The van der Waals surface area contributed by atoms with E-state index in [2.05, 4.69) is 47.6 Å². The average Bonchev–Trinajstić information content (AvgIpc) is 2.60. The highest BCUT2D eigenvalue weighted by molar-refractivity contribution is 9.10. The van der Waals surface area contributed by atoms with Crippen molar-refractivity contribution in [2.24, 2.45) is 5.10 Å². The number of anilines is 1. The van der Waals surface area contributed by atoms with E-state index in [0.717, 1.165) is 15.9 Å². The summed E-state index contributed by atoms with van der Waals surface area (Å²) in [5.74, 6) is 0. The first-order chi connectivity index (χ1) is 11.6. The van der Waals surface area contributed by atoms with Gasteiger partial charge in [-0.15, -0.1) is 0 Å². The molecule has 0 amide bonds. The standard InChI is InChI=1S/C15H15BrN6S2/c1-10(12-7-4-5-9-17-12)19-21-15(24)22-20-14(23)18-13-8-3-2-6-11(13)16/h2-9H,1H3,(H2,18,20,23)(H2,21,22,24)/b19-10+. The van der Waals surface area contributed by atoms with E-state index in [-0.39, 0.29) is 5.11 Å². The minimum absolute atomic E-state index is 0.279. The summed E-state index contributed by atoms with van der Waals surface area (Å²) in [7, 11) is 0. The molecular weight excluding hydrogens is 408 g/mol. The molecule has 9 heteroatoms. The van der Waals surface area contributed by atoms with Gasteiger partial charge in [-0.1, -0.05) is 18.2 Å². The van der Waals surface area contributed by atoms with Crippen LogP contribution in [-0.2, 0) is 0 Å². The first-order valence-electron chi connectivity index (χ1n) is 6.89. The summed E-state index contributed by atoms with van der Waals surface area (Å²) in [4.78, 5) is 4.20. The van der Waals surface area contributed by atoms with Crippen LogP contribution in [0.3, 0.4) is 0 Å². The molecule has 1 aromatic carbocycles. The van der Waals surface area contributed by atoms with Gasteiger partial charge in [-0.2, -0.15) is 5.10 Å². The summed E-state index contributed by atoms with van der Waals surface area (Å²) in [6.07, 6.45) is 1.71. The molecule has 0 unspecified atom stereocenters. The molecule has 0 aliphatic heterocycles. The minimum atomic E-state index is 0.279. The Morgan fingerprint density at radius 2 is 1.75 bits per heavy atom. The molecule has 124 valence electrons. The predicted molar refractivity (Wildman–Crippen MR) is 109 cm³/mol. The van der Waals surface area contributed by atoms with Crippen LogP contribution >= 0.6 is 40.4 Å². The Bertz CT molecular complexity index is 751. The average molecular weight is 423 g/mol. The van der Waals surface area contributed by atoms with E-state index in [0.29, 0.717) is 10.8 Å². The zero-order valence-corrected chi connectivity index (χ0v) is 15.9. The zero-order chi connectivity index (χ0) is 17.4. The number of pyridine rings is 1. The molecule has 0 bridgehead atoms. The number of nitrogens with one attached hydrogen (secondary N) is 4. The zero-order valence-electron chi connectivity index (χ0n) is 12.7. The van der Waals surface area contributed by atoms with Crippen molar-refractivity contribution >= 4 is 62.0 Å². The van der Waals surface area contributed by atoms with Gasteiger partial charge in [-0.3, -0.25) is 21.3 Å². The normalized spacial score (nSPS) is 10.7. The number of benzene rings is 1. The molecule has 2 aromatic rings. The molecular formula is C15H15BrN6S2. The fraction of sp³-hybridized carbons (Fsp3) is 0.0667. The van der Waals surface area contributed by atoms with Gasteiger partial charge in [0, 0.05) is 10.7 Å². The van der Waals surface area contributed by atoms with Gasteiger partial charge >= 0.3 is 0 Å². The number of nitrogens with zero attached hydrogens (tertiary/aromatic N) is 2. The van der Waals surface area contributed by atoms with Crippen LogP contribution in [0.1, 0.15) is 12.6 Å². The lowest BCUT2D eigenvalue weighted by Gasteiger charge is -2.13. The number of hydrogen-bond donors (Lipinski definition) is 4. The van der Waals surface area contributed by atoms with E-state index < -0.39 is 0 Å². The third-order valence-corrected chi connectivity index (χ3v) is 3.86. The van der Waals surface area contributed by atoms with Gasteiger partial charge in [0.1, 0.15) is 0 Å². The largest absolute Gasteiger partial charge is 0.330 e. The maximum atomic E-state index is 5.19. The summed E-state index contributed by atoms with van der Waals surface area (Å²) < 4.78 is 0.908. The molecule has 0 spiro atoms. The second kappa shape index (κ2) is 9.26. The topological polar surface area (TPSA) is 73.4 Å². The number of hydrazone groups is 1. The van der Waals surface area contributed by atoms with Crippen LogP contribution < -0.4 is 21.6 Å². The monoisotopic (exact) mass is 422 g/mol. The number of hydrazine groups is 1. The van der Waals surface area contributed by atoms with Crippen LogP contribution in [0.15, 0.2) is 58.2 Å². The lowest BCUT2D eigenvalue weighted by Crippen LogP contribution is -2.47. The van der Waals surface area contributed by atoms with Gasteiger partial charge < -0.3 is 5.32 Å². The van der Waals surface area contributed by atoms with Crippen molar-refractivity contribution < 1.29 is 0 Å². The van der Waals surface area contributed by atoms with Crippen LogP contribution in [-0.4, -0.2) is 20.9 Å². The van der Waals surface area contributed by atoms with Gasteiger partial charge in [0.05, 0.1) is 17.1 Å². The summed E-state index contributed by atoms with van der Waals surface area (Å²) in [5.41, 5.74) is 10.6. The van der Waals surface area contributed by atoms with Crippen molar-refractivity contribution in [2.45, 2.75) is 6.92 Å². The first kappa shape index (κ1) is 18.2. The molecule has 0 saturated carbocycles. The number of aromatic nitrogens is 1. The molecule has 0 radical (unpaired) electrons. The third-order valence-electron chi connectivity index (χ3n) is 2.77. The summed E-state index contributed by atoms with van der Waals surface area (Å²) in [5, 5.41) is 7.84. The number of hydrogen-bond acceptors (Lipinski definition) is 4. The Labute approximate surface area is 159 Å². The summed E-state index contributed by atoms with van der Waals surface area (Å²) in [6.45, 7) is 1.84. The van der Waals surface area contributed by atoms with Crippen LogP contribution in [0.4, 0.5) is 5.69 Å². The maximum Gasteiger partial charge on any atom is 0.205 e. The van der Waals surface area contributed by atoms with E-state index in [1.54, 1.807) is 6.20 Å². The van der Waals surface area contributed by atoms with Crippen molar-refractivity contribution in [3.05, 3.63) is 58.8 Å². The van der Waals surface area contributed by atoms with Crippen LogP contribution in [0.25, 0.3) is 0 Å². The molecule has 1 aromatic heterocycles. The highest BCUT2D eigenvalue weighted by Gasteiger charge is 2.02. The number of thiocarbonyl (C=S) groups is 2. The summed E-state index contributed by atoms with van der Waals surface area (Å²) in [6, 6.07) is 13.3. The molecule has 0 aliphatic carbocycles. The van der Waals surface area contributed by atoms with Crippen molar-refractivity contribution in [3.63, 3.8) is 0 Å². The Morgan fingerprint density at radius 1 is 1.04 bits per heavy atom. The molecule has 6 nitrogen and oxygen atoms in total. The number of rotatable bonds is 3. The van der Waals surface area contributed by atoms with E-state index >= 15 is 0 Å². The van der Waals surface area contributed by atoms with Crippen LogP contribution in [0.5, 0.6) is 0 Å². The third kappa shape index (κ3) is 5.84. The lowest BCUT2D eigenvalue weighted by molar-refractivity contribution is 0.834. The molecule has 2 rings (SSSR count). The van der Waals surface area contributed by atoms with Crippen LogP contribution in [0, 0.1) is 0 Å². The smallest absolute Gasteiger partial charge is 0.205 e. The van der Waals surface area contributed by atoms with Crippen LogP contribution in [0.2, 0.25) is 0 Å². The van der Waals surface area contributed by atoms with E-state index in [1.807, 2.05) is 49.4 Å². The van der Waals surface area contributed by atoms with Gasteiger partial charge in [0.25, 0.3) is 0 Å². The Kier molecular flexibility index (Phi) is 7.04. The SMILES string of the molecule is C/C(=N\NC(=S)NNC(=S)Nc1ccccc1Br)c1ccccn1.